The van der Waals surface area contributed by atoms with E-state index in [0.717, 1.165) is 4.31 Å². The Morgan fingerprint density at radius 1 is 1.16 bits per heavy atom. The van der Waals surface area contributed by atoms with E-state index < -0.39 is 10.0 Å². The maximum atomic E-state index is 12.4. The van der Waals surface area contributed by atoms with Crippen molar-refractivity contribution in [3.05, 3.63) is 28.2 Å². The highest BCUT2D eigenvalue weighted by Crippen LogP contribution is 2.26. The maximum absolute atomic E-state index is 12.4. The highest BCUT2D eigenvalue weighted by molar-refractivity contribution is 7.89. The van der Waals surface area contributed by atoms with Gasteiger partial charge in [-0.1, -0.05) is 23.2 Å². The highest BCUT2D eigenvalue weighted by Gasteiger charge is 2.31. The number of carbonyl (C=O) groups excluding carboxylic acids is 1. The van der Waals surface area contributed by atoms with E-state index in [-0.39, 0.29) is 33.9 Å². The predicted octanol–water partition coefficient (Wildman–Crippen LogP) is 1.46. The molecule has 0 aliphatic carbocycles. The molecule has 0 saturated carbocycles. The molecule has 5 nitrogen and oxygen atoms in total. The van der Waals surface area contributed by atoms with E-state index in [1.54, 1.807) is 7.05 Å². The van der Waals surface area contributed by atoms with E-state index in [0.29, 0.717) is 6.54 Å². The first kappa shape index (κ1) is 14.6. The molecule has 0 aromatic heterocycles. The summed E-state index contributed by atoms with van der Waals surface area (Å²) in [6.45, 7) is 0.489. The van der Waals surface area contributed by atoms with Crippen LogP contribution in [0, 0.1) is 0 Å². The normalized spacial score (nSPS) is 17.8. The molecule has 19 heavy (non-hydrogen) atoms. The van der Waals surface area contributed by atoms with Crippen molar-refractivity contribution < 1.29 is 13.2 Å². The number of amides is 1. The lowest BCUT2D eigenvalue weighted by Crippen LogP contribution is -2.50. The molecule has 0 atom stereocenters. The van der Waals surface area contributed by atoms with Gasteiger partial charge >= 0.3 is 0 Å². The van der Waals surface area contributed by atoms with Crippen LogP contribution in [-0.4, -0.2) is 50.2 Å². The van der Waals surface area contributed by atoms with E-state index in [9.17, 15) is 13.2 Å². The quantitative estimate of drug-likeness (QED) is 0.828. The van der Waals surface area contributed by atoms with E-state index in [1.165, 1.54) is 23.1 Å². The van der Waals surface area contributed by atoms with Crippen LogP contribution in [0.1, 0.15) is 0 Å². The Kier molecular flexibility index (Phi) is 4.06. The zero-order valence-electron chi connectivity index (χ0n) is 10.1. The van der Waals surface area contributed by atoms with Gasteiger partial charge < -0.3 is 4.90 Å². The van der Waals surface area contributed by atoms with Gasteiger partial charge in [-0.3, -0.25) is 4.79 Å². The van der Waals surface area contributed by atoms with Crippen molar-refractivity contribution in [2.45, 2.75) is 4.90 Å². The van der Waals surface area contributed by atoms with Crippen molar-refractivity contribution in [1.29, 1.82) is 0 Å². The standard InChI is InChI=1S/C11H12Cl2N2O3S/c1-14-4-5-15(7-11(14)16)19(17,18)8-2-3-9(12)10(13)6-8/h2-3,6H,4-5,7H2,1H3. The summed E-state index contributed by atoms with van der Waals surface area (Å²) >= 11 is 11.6. The minimum atomic E-state index is -3.71. The molecule has 1 aliphatic heterocycles. The molecule has 1 heterocycles. The molecule has 1 aromatic rings. The van der Waals surface area contributed by atoms with Gasteiger partial charge in [0.05, 0.1) is 21.5 Å². The van der Waals surface area contributed by atoms with Crippen LogP contribution in [0.3, 0.4) is 0 Å². The third-order valence-corrected chi connectivity index (χ3v) is 5.53. The summed E-state index contributed by atoms with van der Waals surface area (Å²) < 4.78 is 25.9. The number of piperazine rings is 1. The molecule has 1 aliphatic rings. The van der Waals surface area contributed by atoms with E-state index in [4.69, 9.17) is 23.2 Å². The van der Waals surface area contributed by atoms with Crippen LogP contribution in [0.4, 0.5) is 0 Å². The number of benzene rings is 1. The Hall–Kier alpha value is -0.820. The van der Waals surface area contributed by atoms with E-state index >= 15 is 0 Å². The minimum absolute atomic E-state index is 0.0410. The molecule has 0 spiro atoms. The van der Waals surface area contributed by atoms with E-state index in [2.05, 4.69) is 0 Å². The molecule has 0 bridgehead atoms. The second-order valence-corrected chi connectivity index (χ2v) is 6.98. The van der Waals surface area contributed by atoms with Gasteiger partial charge in [-0.25, -0.2) is 8.42 Å². The molecular formula is C11H12Cl2N2O3S. The van der Waals surface area contributed by atoms with Gasteiger partial charge in [-0.15, -0.1) is 0 Å². The average molecular weight is 323 g/mol. The Morgan fingerprint density at radius 3 is 2.42 bits per heavy atom. The molecule has 1 aromatic carbocycles. The number of nitrogens with zero attached hydrogens (tertiary/aromatic N) is 2. The largest absolute Gasteiger partial charge is 0.343 e. The summed E-state index contributed by atoms with van der Waals surface area (Å²) in [4.78, 5) is 13.1. The van der Waals surface area contributed by atoms with Gasteiger partial charge in [0, 0.05) is 20.1 Å². The summed E-state index contributed by atoms with van der Waals surface area (Å²) in [6, 6.07) is 4.10. The lowest BCUT2D eigenvalue weighted by molar-refractivity contribution is -0.132. The summed E-state index contributed by atoms with van der Waals surface area (Å²) in [5.41, 5.74) is 0. The predicted molar refractivity (Wildman–Crippen MR) is 72.9 cm³/mol. The van der Waals surface area contributed by atoms with Gasteiger partial charge in [0.2, 0.25) is 15.9 Å². The van der Waals surface area contributed by atoms with Crippen LogP contribution in [0.2, 0.25) is 10.0 Å². The van der Waals surface area contributed by atoms with Crippen LogP contribution in [-0.2, 0) is 14.8 Å². The van der Waals surface area contributed by atoms with Crippen molar-refractivity contribution in [1.82, 2.24) is 9.21 Å². The summed E-state index contributed by atoms with van der Waals surface area (Å²) in [5, 5.41) is 0.457. The third kappa shape index (κ3) is 2.86. The number of carbonyl (C=O) groups is 1. The molecule has 0 radical (unpaired) electrons. The molecule has 8 heteroatoms. The van der Waals surface area contributed by atoms with Crippen LogP contribution >= 0.6 is 23.2 Å². The summed E-state index contributed by atoms with van der Waals surface area (Å²) in [7, 11) is -2.07. The third-order valence-electron chi connectivity index (χ3n) is 2.95. The number of hydrogen-bond donors (Lipinski definition) is 0. The molecular weight excluding hydrogens is 311 g/mol. The van der Waals surface area contributed by atoms with Crippen LogP contribution in [0.15, 0.2) is 23.1 Å². The number of rotatable bonds is 2. The Morgan fingerprint density at radius 2 is 1.84 bits per heavy atom. The lowest BCUT2D eigenvalue weighted by atomic mass is 10.4. The second kappa shape index (κ2) is 5.28. The fraction of sp³-hybridized carbons (Fsp3) is 0.364. The Bertz CT molecular complexity index is 618. The number of likely N-dealkylation sites (N-methyl/N-ethyl adjacent to an activating group) is 1. The van der Waals surface area contributed by atoms with Crippen LogP contribution < -0.4 is 0 Å². The van der Waals surface area contributed by atoms with Crippen LogP contribution in [0.5, 0.6) is 0 Å². The number of hydrogen-bond acceptors (Lipinski definition) is 3. The first-order valence-corrected chi connectivity index (χ1v) is 7.71. The molecule has 0 N–H and O–H groups in total. The lowest BCUT2D eigenvalue weighted by Gasteiger charge is -2.31. The number of halogens is 2. The summed E-state index contributed by atoms with van der Waals surface area (Å²) in [5.74, 6) is -0.227. The zero-order chi connectivity index (χ0) is 14.2. The van der Waals surface area contributed by atoms with Crippen molar-refractivity contribution in [3.8, 4) is 0 Å². The molecule has 104 valence electrons. The topological polar surface area (TPSA) is 57.7 Å². The summed E-state index contributed by atoms with van der Waals surface area (Å²) in [6.07, 6.45) is 0. The Balaban J connectivity index is 2.32. The van der Waals surface area contributed by atoms with E-state index in [1.807, 2.05) is 0 Å². The first-order chi connectivity index (χ1) is 8.82. The molecule has 0 unspecified atom stereocenters. The van der Waals surface area contributed by atoms with Crippen molar-refractivity contribution >= 4 is 39.1 Å². The van der Waals surface area contributed by atoms with Gasteiger partial charge in [-0.05, 0) is 18.2 Å². The van der Waals surface area contributed by atoms with Gasteiger partial charge in [0.25, 0.3) is 0 Å². The second-order valence-electron chi connectivity index (χ2n) is 4.23. The first-order valence-electron chi connectivity index (χ1n) is 5.51. The monoisotopic (exact) mass is 322 g/mol. The zero-order valence-corrected chi connectivity index (χ0v) is 12.5. The SMILES string of the molecule is CN1CCN(S(=O)(=O)c2ccc(Cl)c(Cl)c2)CC1=O. The van der Waals surface area contributed by atoms with Gasteiger partial charge in [0.15, 0.2) is 0 Å². The fourth-order valence-corrected chi connectivity index (χ4v) is 3.50. The number of sulfonamides is 1. The fourth-order valence-electron chi connectivity index (χ4n) is 1.73. The van der Waals surface area contributed by atoms with Crippen molar-refractivity contribution in [2.75, 3.05) is 26.7 Å². The van der Waals surface area contributed by atoms with Crippen LogP contribution in [0.25, 0.3) is 0 Å². The van der Waals surface area contributed by atoms with Crippen molar-refractivity contribution in [2.24, 2.45) is 0 Å². The van der Waals surface area contributed by atoms with Gasteiger partial charge in [-0.2, -0.15) is 4.31 Å². The molecule has 1 amide bonds. The molecule has 1 fully saturated rings. The smallest absolute Gasteiger partial charge is 0.243 e. The highest BCUT2D eigenvalue weighted by atomic mass is 35.5. The molecule has 1 saturated heterocycles. The minimum Gasteiger partial charge on any atom is -0.343 e. The van der Waals surface area contributed by atoms with Gasteiger partial charge in [0.1, 0.15) is 0 Å². The maximum Gasteiger partial charge on any atom is 0.243 e. The van der Waals surface area contributed by atoms with Crippen molar-refractivity contribution in [3.63, 3.8) is 0 Å². The molecule has 2 rings (SSSR count). The Labute approximate surface area is 121 Å². The average Bonchev–Trinajstić information content (AvgIpc) is 2.35.